The molecule has 1 aromatic heterocycles. The Morgan fingerprint density at radius 2 is 2.19 bits per heavy atom. The number of halogens is 1. The van der Waals surface area contributed by atoms with Crippen LogP contribution in [0.2, 0.25) is 0 Å². The summed E-state index contributed by atoms with van der Waals surface area (Å²) in [4.78, 5) is 4.24. The molecule has 0 aliphatic carbocycles. The smallest absolute Gasteiger partial charge is 0.141 e. The fourth-order valence-electron chi connectivity index (χ4n) is 1.55. The molecule has 1 rings (SSSR count). The zero-order chi connectivity index (χ0) is 11.8. The third-order valence-corrected chi connectivity index (χ3v) is 2.67. The molecule has 0 spiro atoms. The van der Waals surface area contributed by atoms with Gasteiger partial charge < -0.3 is 5.32 Å². The maximum absolute atomic E-state index is 5.61. The number of unbranched alkanes of at least 4 members (excludes halogenated alkanes) is 2. The van der Waals surface area contributed by atoms with Crippen LogP contribution >= 0.6 is 11.6 Å². The van der Waals surface area contributed by atoms with Gasteiger partial charge in [-0.05, 0) is 33.2 Å². The highest BCUT2D eigenvalue weighted by Crippen LogP contribution is 2.04. The van der Waals surface area contributed by atoms with Crippen LogP contribution in [0.5, 0.6) is 0 Å². The molecule has 4 nitrogen and oxygen atoms in total. The van der Waals surface area contributed by atoms with Crippen LogP contribution in [0.15, 0.2) is 6.33 Å². The van der Waals surface area contributed by atoms with Crippen molar-refractivity contribution < 1.29 is 0 Å². The second kappa shape index (κ2) is 7.63. The highest BCUT2D eigenvalue weighted by Gasteiger charge is 2.05. The molecule has 1 aromatic rings. The zero-order valence-electron chi connectivity index (χ0n) is 10.1. The molecule has 0 aromatic carbocycles. The third-order valence-electron chi connectivity index (χ3n) is 2.41. The van der Waals surface area contributed by atoms with Crippen molar-refractivity contribution in [1.82, 2.24) is 20.1 Å². The van der Waals surface area contributed by atoms with E-state index < -0.39 is 0 Å². The monoisotopic (exact) mass is 244 g/mol. The molecule has 0 bridgehead atoms. The number of hydrogen-bond donors (Lipinski definition) is 1. The first-order chi connectivity index (χ1) is 7.75. The van der Waals surface area contributed by atoms with Gasteiger partial charge in [0.25, 0.3) is 0 Å². The van der Waals surface area contributed by atoms with Crippen molar-refractivity contribution in [2.45, 2.75) is 45.7 Å². The maximum Gasteiger partial charge on any atom is 0.141 e. The minimum atomic E-state index is 0.371. The number of alkyl halides is 1. The van der Waals surface area contributed by atoms with E-state index in [1.165, 1.54) is 12.8 Å². The van der Waals surface area contributed by atoms with Crippen molar-refractivity contribution in [1.29, 1.82) is 0 Å². The predicted octanol–water partition coefficient (Wildman–Crippen LogP) is 2.36. The summed E-state index contributed by atoms with van der Waals surface area (Å²) < 4.78 is 1.95. The molecule has 0 aliphatic heterocycles. The van der Waals surface area contributed by atoms with Crippen LogP contribution in [-0.4, -0.2) is 27.2 Å². The van der Waals surface area contributed by atoms with Crippen LogP contribution in [0.25, 0.3) is 0 Å². The maximum atomic E-state index is 5.61. The van der Waals surface area contributed by atoms with E-state index in [1.54, 1.807) is 6.33 Å². The van der Waals surface area contributed by atoms with Gasteiger partial charge in [0, 0.05) is 11.9 Å². The molecule has 1 heterocycles. The van der Waals surface area contributed by atoms with Crippen LogP contribution in [0, 0.1) is 0 Å². The second-order valence-electron chi connectivity index (χ2n) is 4.14. The minimum Gasteiger partial charge on any atom is -0.310 e. The van der Waals surface area contributed by atoms with Gasteiger partial charge in [-0.15, -0.1) is 11.6 Å². The van der Waals surface area contributed by atoms with Crippen LogP contribution in [0.4, 0.5) is 0 Å². The number of rotatable bonds is 8. The lowest BCUT2D eigenvalue weighted by atomic mass is 10.2. The molecule has 0 amide bonds. The van der Waals surface area contributed by atoms with E-state index in [4.69, 9.17) is 11.6 Å². The normalized spacial score (nSPS) is 11.2. The van der Waals surface area contributed by atoms with Gasteiger partial charge in [0.1, 0.15) is 12.2 Å². The minimum absolute atomic E-state index is 0.371. The summed E-state index contributed by atoms with van der Waals surface area (Å²) >= 11 is 5.61. The Morgan fingerprint density at radius 3 is 2.88 bits per heavy atom. The predicted molar refractivity (Wildman–Crippen MR) is 66.7 cm³/mol. The first-order valence-electron chi connectivity index (χ1n) is 5.90. The first-order valence-corrected chi connectivity index (χ1v) is 6.44. The van der Waals surface area contributed by atoms with Gasteiger partial charge in [-0.2, -0.15) is 5.10 Å². The average Bonchev–Trinajstić information content (AvgIpc) is 2.71. The molecular formula is C11H21ClN4. The Morgan fingerprint density at radius 1 is 1.38 bits per heavy atom. The molecule has 1 N–H and O–H groups in total. The Balaban J connectivity index is 2.19. The van der Waals surface area contributed by atoms with Gasteiger partial charge in [-0.25, -0.2) is 9.67 Å². The molecule has 0 unspecified atom stereocenters. The highest BCUT2D eigenvalue weighted by molar-refractivity contribution is 6.17. The van der Waals surface area contributed by atoms with E-state index in [0.29, 0.717) is 6.04 Å². The molecule has 0 fully saturated rings. The molecule has 0 radical (unpaired) electrons. The summed E-state index contributed by atoms with van der Waals surface area (Å²) in [6.45, 7) is 6.03. The Labute approximate surface area is 102 Å². The summed E-state index contributed by atoms with van der Waals surface area (Å²) in [5.74, 6) is 1.77. The van der Waals surface area contributed by atoms with Gasteiger partial charge in [-0.3, -0.25) is 0 Å². The van der Waals surface area contributed by atoms with Crippen LogP contribution in [-0.2, 0) is 6.54 Å². The van der Waals surface area contributed by atoms with E-state index in [1.807, 2.05) is 4.68 Å². The molecule has 0 aliphatic rings. The average molecular weight is 245 g/mol. The lowest BCUT2D eigenvalue weighted by molar-refractivity contribution is 0.487. The molecule has 0 atom stereocenters. The summed E-state index contributed by atoms with van der Waals surface area (Å²) in [7, 11) is 0. The summed E-state index contributed by atoms with van der Waals surface area (Å²) in [5.41, 5.74) is 0. The molecule has 16 heavy (non-hydrogen) atoms. The summed E-state index contributed by atoms with van der Waals surface area (Å²) in [6, 6.07) is 0.371. The van der Waals surface area contributed by atoms with Gasteiger partial charge in [0.15, 0.2) is 0 Å². The Hall–Kier alpha value is -0.610. The Bertz CT molecular complexity index is 285. The lowest BCUT2D eigenvalue weighted by Gasteiger charge is -2.09. The first kappa shape index (κ1) is 13.5. The van der Waals surface area contributed by atoms with Crippen LogP contribution < -0.4 is 5.32 Å². The molecule has 0 saturated carbocycles. The van der Waals surface area contributed by atoms with Gasteiger partial charge in [-0.1, -0.05) is 6.42 Å². The van der Waals surface area contributed by atoms with Gasteiger partial charge in [0.2, 0.25) is 0 Å². The largest absolute Gasteiger partial charge is 0.310 e. The third kappa shape index (κ3) is 4.49. The highest BCUT2D eigenvalue weighted by atomic mass is 35.5. The van der Waals surface area contributed by atoms with E-state index >= 15 is 0 Å². The summed E-state index contributed by atoms with van der Waals surface area (Å²) in [6.07, 6.45) is 5.08. The number of hydrogen-bond acceptors (Lipinski definition) is 3. The fourth-order valence-corrected chi connectivity index (χ4v) is 1.74. The van der Waals surface area contributed by atoms with Crippen molar-refractivity contribution >= 4 is 11.6 Å². The fraction of sp³-hybridized carbons (Fsp3) is 0.818. The second-order valence-corrected chi connectivity index (χ2v) is 4.52. The Kier molecular flexibility index (Phi) is 6.42. The van der Waals surface area contributed by atoms with Gasteiger partial charge in [0.05, 0.1) is 6.54 Å². The molecule has 92 valence electrons. The topological polar surface area (TPSA) is 42.7 Å². The van der Waals surface area contributed by atoms with E-state index in [2.05, 4.69) is 29.2 Å². The van der Waals surface area contributed by atoms with Crippen molar-refractivity contribution in [3.05, 3.63) is 12.2 Å². The zero-order valence-corrected chi connectivity index (χ0v) is 10.9. The lowest BCUT2D eigenvalue weighted by Crippen LogP contribution is -2.19. The quantitative estimate of drug-likeness (QED) is 0.564. The van der Waals surface area contributed by atoms with Crippen molar-refractivity contribution in [3.8, 4) is 0 Å². The van der Waals surface area contributed by atoms with Gasteiger partial charge >= 0.3 is 0 Å². The van der Waals surface area contributed by atoms with E-state index in [9.17, 15) is 0 Å². The number of aromatic nitrogens is 3. The van der Waals surface area contributed by atoms with E-state index in [-0.39, 0.29) is 0 Å². The molecule has 5 heteroatoms. The molecule has 0 saturated heterocycles. The van der Waals surface area contributed by atoms with Crippen molar-refractivity contribution in [2.24, 2.45) is 0 Å². The molecular weight excluding hydrogens is 224 g/mol. The van der Waals surface area contributed by atoms with Crippen LogP contribution in [0.3, 0.4) is 0 Å². The standard InChI is InChI=1S/C11H21ClN4/c1-10(2)16-11(14-9-15-16)8-13-7-5-3-4-6-12/h9-10,13H,3-8H2,1-2H3. The number of nitrogens with zero attached hydrogens (tertiary/aromatic N) is 3. The number of nitrogens with one attached hydrogen (secondary N) is 1. The van der Waals surface area contributed by atoms with Crippen molar-refractivity contribution in [3.63, 3.8) is 0 Å². The van der Waals surface area contributed by atoms with Crippen molar-refractivity contribution in [2.75, 3.05) is 12.4 Å². The van der Waals surface area contributed by atoms with Crippen LogP contribution in [0.1, 0.15) is 45.0 Å². The van der Waals surface area contributed by atoms with E-state index in [0.717, 1.165) is 31.2 Å². The SMILES string of the molecule is CC(C)n1ncnc1CNCCCCCCl. The summed E-state index contributed by atoms with van der Waals surface area (Å²) in [5, 5.41) is 7.57.